The summed E-state index contributed by atoms with van der Waals surface area (Å²) in [5.74, 6) is -1.21. The summed E-state index contributed by atoms with van der Waals surface area (Å²) in [5.41, 5.74) is 1.18. The molecule has 0 saturated heterocycles. The van der Waals surface area contributed by atoms with Gasteiger partial charge in [-0.15, -0.1) is 0 Å². The average molecular weight is 275 g/mol. The zero-order valence-electron chi connectivity index (χ0n) is 10.7. The number of rotatable bonds is 4. The van der Waals surface area contributed by atoms with Crippen molar-refractivity contribution in [2.75, 3.05) is 7.11 Å². The standard InChI is InChI=1S/C15H11F2NO2/c1-19-15-6-10(2-3-11(15)8-18)9-20-12-4-5-13(16)14(17)7-12/h2-7H,9H2,1H3. The average Bonchev–Trinajstić information content (AvgIpc) is 2.48. The van der Waals surface area contributed by atoms with E-state index >= 15 is 0 Å². The summed E-state index contributed by atoms with van der Waals surface area (Å²) in [6.07, 6.45) is 0. The highest BCUT2D eigenvalue weighted by molar-refractivity contribution is 5.45. The molecule has 0 unspecified atom stereocenters. The van der Waals surface area contributed by atoms with E-state index < -0.39 is 11.6 Å². The molecule has 0 heterocycles. The molecule has 0 fully saturated rings. The van der Waals surface area contributed by atoms with Gasteiger partial charge < -0.3 is 9.47 Å². The largest absolute Gasteiger partial charge is 0.495 e. The van der Waals surface area contributed by atoms with Crippen molar-refractivity contribution < 1.29 is 18.3 Å². The minimum absolute atomic E-state index is 0.160. The Morgan fingerprint density at radius 2 is 1.90 bits per heavy atom. The lowest BCUT2D eigenvalue weighted by molar-refractivity contribution is 0.302. The molecule has 0 spiro atoms. The van der Waals surface area contributed by atoms with Crippen molar-refractivity contribution in [1.29, 1.82) is 5.26 Å². The number of benzene rings is 2. The summed E-state index contributed by atoms with van der Waals surface area (Å²) in [6, 6.07) is 10.3. The summed E-state index contributed by atoms with van der Waals surface area (Å²) in [6.45, 7) is 0.160. The van der Waals surface area contributed by atoms with Crippen molar-refractivity contribution in [2.45, 2.75) is 6.61 Å². The molecule has 0 N–H and O–H groups in total. The maximum Gasteiger partial charge on any atom is 0.162 e. The number of hydrogen-bond acceptors (Lipinski definition) is 3. The van der Waals surface area contributed by atoms with Crippen molar-refractivity contribution >= 4 is 0 Å². The minimum Gasteiger partial charge on any atom is -0.495 e. The second kappa shape index (κ2) is 6.02. The second-order valence-electron chi connectivity index (χ2n) is 4.01. The van der Waals surface area contributed by atoms with Crippen LogP contribution in [-0.2, 0) is 6.61 Å². The topological polar surface area (TPSA) is 42.2 Å². The highest BCUT2D eigenvalue weighted by atomic mass is 19.2. The van der Waals surface area contributed by atoms with Gasteiger partial charge in [0.05, 0.1) is 12.7 Å². The first-order valence-corrected chi connectivity index (χ1v) is 5.79. The summed E-state index contributed by atoms with van der Waals surface area (Å²) in [5, 5.41) is 8.87. The Bertz CT molecular complexity index is 665. The van der Waals surface area contributed by atoms with Crippen molar-refractivity contribution in [1.82, 2.24) is 0 Å². The fraction of sp³-hybridized carbons (Fsp3) is 0.133. The van der Waals surface area contributed by atoms with Crippen LogP contribution in [0.5, 0.6) is 11.5 Å². The molecule has 0 aliphatic rings. The van der Waals surface area contributed by atoms with Gasteiger partial charge in [0.1, 0.15) is 24.2 Å². The summed E-state index contributed by atoms with van der Waals surface area (Å²) >= 11 is 0. The molecule has 0 saturated carbocycles. The van der Waals surface area contributed by atoms with Gasteiger partial charge in [0.25, 0.3) is 0 Å². The lowest BCUT2D eigenvalue weighted by Gasteiger charge is -2.09. The molecule has 0 aliphatic heterocycles. The number of methoxy groups -OCH3 is 1. The Hall–Kier alpha value is -2.61. The molecule has 0 atom stereocenters. The van der Waals surface area contributed by atoms with Crippen molar-refractivity contribution in [3.8, 4) is 17.6 Å². The molecule has 3 nitrogen and oxygen atoms in total. The Morgan fingerprint density at radius 1 is 1.10 bits per heavy atom. The highest BCUT2D eigenvalue weighted by Gasteiger charge is 2.06. The van der Waals surface area contributed by atoms with Gasteiger partial charge in [-0.3, -0.25) is 0 Å². The van der Waals surface area contributed by atoms with Gasteiger partial charge >= 0.3 is 0 Å². The molecule has 0 amide bonds. The third-order valence-electron chi connectivity index (χ3n) is 2.68. The Balaban J connectivity index is 2.11. The van der Waals surface area contributed by atoms with E-state index in [1.165, 1.54) is 13.2 Å². The van der Waals surface area contributed by atoms with Crippen LogP contribution in [0.1, 0.15) is 11.1 Å². The van der Waals surface area contributed by atoms with Gasteiger partial charge in [0.15, 0.2) is 11.6 Å². The van der Waals surface area contributed by atoms with Crippen LogP contribution < -0.4 is 9.47 Å². The van der Waals surface area contributed by atoms with E-state index in [9.17, 15) is 8.78 Å². The van der Waals surface area contributed by atoms with E-state index in [0.29, 0.717) is 11.3 Å². The summed E-state index contributed by atoms with van der Waals surface area (Å²) in [7, 11) is 1.47. The van der Waals surface area contributed by atoms with Gasteiger partial charge in [0.2, 0.25) is 0 Å². The fourth-order valence-corrected chi connectivity index (χ4v) is 1.65. The van der Waals surface area contributed by atoms with Gasteiger partial charge in [-0.05, 0) is 29.8 Å². The first kappa shape index (κ1) is 13.8. The molecule has 2 aromatic rings. The van der Waals surface area contributed by atoms with Gasteiger partial charge in [-0.2, -0.15) is 5.26 Å². The van der Waals surface area contributed by atoms with Crippen LogP contribution in [0.25, 0.3) is 0 Å². The molecule has 0 aliphatic carbocycles. The van der Waals surface area contributed by atoms with Crippen LogP contribution >= 0.6 is 0 Å². The quantitative estimate of drug-likeness (QED) is 0.858. The van der Waals surface area contributed by atoms with Crippen molar-refractivity contribution in [2.24, 2.45) is 0 Å². The Labute approximate surface area is 115 Å². The molecule has 2 aromatic carbocycles. The molecular weight excluding hydrogens is 264 g/mol. The fourth-order valence-electron chi connectivity index (χ4n) is 1.65. The second-order valence-corrected chi connectivity index (χ2v) is 4.01. The smallest absolute Gasteiger partial charge is 0.162 e. The number of halogens is 2. The van der Waals surface area contributed by atoms with Crippen molar-refractivity contribution in [3.63, 3.8) is 0 Å². The SMILES string of the molecule is COc1cc(COc2ccc(F)c(F)c2)ccc1C#N. The minimum atomic E-state index is -0.958. The van der Waals surface area contributed by atoms with Gasteiger partial charge in [0, 0.05) is 6.07 Å². The number of ether oxygens (including phenoxy) is 2. The molecule has 0 radical (unpaired) electrons. The molecule has 0 bridgehead atoms. The summed E-state index contributed by atoms with van der Waals surface area (Å²) in [4.78, 5) is 0. The van der Waals surface area contributed by atoms with E-state index in [-0.39, 0.29) is 12.4 Å². The van der Waals surface area contributed by atoms with E-state index in [1.54, 1.807) is 18.2 Å². The zero-order chi connectivity index (χ0) is 14.5. The zero-order valence-corrected chi connectivity index (χ0v) is 10.7. The molecular formula is C15H11F2NO2. The third-order valence-corrected chi connectivity index (χ3v) is 2.68. The lowest BCUT2D eigenvalue weighted by Crippen LogP contribution is -1.98. The molecule has 5 heteroatoms. The molecule has 102 valence electrons. The molecule has 2 rings (SSSR count). The monoisotopic (exact) mass is 275 g/mol. The van der Waals surface area contributed by atoms with E-state index in [0.717, 1.165) is 17.7 Å². The van der Waals surface area contributed by atoms with Crippen molar-refractivity contribution in [3.05, 3.63) is 59.2 Å². The molecule has 0 aromatic heterocycles. The first-order valence-electron chi connectivity index (χ1n) is 5.79. The Morgan fingerprint density at radius 3 is 2.55 bits per heavy atom. The van der Waals surface area contributed by atoms with Crippen LogP contribution in [0.2, 0.25) is 0 Å². The first-order chi connectivity index (χ1) is 9.63. The number of nitrogens with zero attached hydrogens (tertiary/aromatic N) is 1. The van der Waals surface area contributed by atoms with Gasteiger partial charge in [-0.25, -0.2) is 8.78 Å². The lowest BCUT2D eigenvalue weighted by atomic mass is 10.1. The van der Waals surface area contributed by atoms with Gasteiger partial charge in [-0.1, -0.05) is 6.07 Å². The van der Waals surface area contributed by atoms with Crippen LogP contribution in [-0.4, -0.2) is 7.11 Å². The normalized spacial score (nSPS) is 9.90. The number of nitriles is 1. The van der Waals surface area contributed by atoms with Crippen LogP contribution in [0.4, 0.5) is 8.78 Å². The van der Waals surface area contributed by atoms with E-state index in [2.05, 4.69) is 0 Å². The maximum atomic E-state index is 13.0. The maximum absolute atomic E-state index is 13.0. The van der Waals surface area contributed by atoms with Crippen LogP contribution in [0.15, 0.2) is 36.4 Å². The predicted octanol–water partition coefficient (Wildman–Crippen LogP) is 3.42. The highest BCUT2D eigenvalue weighted by Crippen LogP contribution is 2.21. The predicted molar refractivity (Wildman–Crippen MR) is 68.4 cm³/mol. The van der Waals surface area contributed by atoms with Crippen LogP contribution in [0, 0.1) is 23.0 Å². The summed E-state index contributed by atoms with van der Waals surface area (Å²) < 4.78 is 36.2. The third kappa shape index (κ3) is 3.04. The molecule has 20 heavy (non-hydrogen) atoms. The van der Waals surface area contributed by atoms with E-state index in [1.807, 2.05) is 6.07 Å². The number of hydrogen-bond donors (Lipinski definition) is 0. The van der Waals surface area contributed by atoms with Crippen LogP contribution in [0.3, 0.4) is 0 Å². The Kier molecular flexibility index (Phi) is 4.16. The van der Waals surface area contributed by atoms with E-state index in [4.69, 9.17) is 14.7 Å².